The lowest BCUT2D eigenvalue weighted by atomic mass is 9.92. The Kier molecular flexibility index (Phi) is 3.90. The van der Waals surface area contributed by atoms with Crippen LogP contribution in [0.2, 0.25) is 0 Å². The van der Waals surface area contributed by atoms with E-state index in [1.807, 2.05) is 6.07 Å². The maximum Gasteiger partial charge on any atom is 0.227 e. The molecule has 0 bridgehead atoms. The second-order valence-electron chi connectivity index (χ2n) is 4.40. The van der Waals surface area contributed by atoms with Gasteiger partial charge in [-0.05, 0) is 19.9 Å². The first-order valence-corrected chi connectivity index (χ1v) is 5.22. The van der Waals surface area contributed by atoms with E-state index in [2.05, 4.69) is 5.32 Å². The van der Waals surface area contributed by atoms with Crippen molar-refractivity contribution in [1.29, 1.82) is 0 Å². The van der Waals surface area contributed by atoms with E-state index in [9.17, 15) is 9.90 Å². The molecule has 0 unspecified atom stereocenters. The quantitative estimate of drug-likeness (QED) is 0.711. The smallest absolute Gasteiger partial charge is 0.227 e. The lowest BCUT2D eigenvalue weighted by molar-refractivity contribution is -0.129. The number of phenolic OH excluding ortho intramolecular Hbond substituents is 1. The zero-order chi connectivity index (χ0) is 12.2. The van der Waals surface area contributed by atoms with Gasteiger partial charge in [-0.25, -0.2) is 0 Å². The number of nitrogens with one attached hydrogen (secondary N) is 1. The van der Waals surface area contributed by atoms with Gasteiger partial charge in [0.1, 0.15) is 5.75 Å². The maximum atomic E-state index is 11.7. The number of phenols is 1. The van der Waals surface area contributed by atoms with Gasteiger partial charge in [-0.15, -0.1) is 0 Å². The van der Waals surface area contributed by atoms with E-state index in [4.69, 9.17) is 5.73 Å². The molecule has 0 atom stereocenters. The number of hydrogen-bond donors (Lipinski definition) is 3. The van der Waals surface area contributed by atoms with Gasteiger partial charge in [0, 0.05) is 18.7 Å². The van der Waals surface area contributed by atoms with E-state index in [0.29, 0.717) is 18.7 Å². The summed E-state index contributed by atoms with van der Waals surface area (Å²) >= 11 is 0. The average molecular weight is 222 g/mol. The highest BCUT2D eigenvalue weighted by atomic mass is 16.3. The molecule has 88 valence electrons. The Labute approximate surface area is 95.5 Å². The largest absolute Gasteiger partial charge is 0.508 e. The van der Waals surface area contributed by atoms with Crippen LogP contribution >= 0.6 is 0 Å². The van der Waals surface area contributed by atoms with E-state index >= 15 is 0 Å². The third-order valence-corrected chi connectivity index (χ3v) is 2.56. The molecule has 4 nitrogen and oxygen atoms in total. The summed E-state index contributed by atoms with van der Waals surface area (Å²) in [5.41, 5.74) is 5.61. The standard InChI is InChI=1S/C12H18N2O2/c1-12(2,8-13)11(16)14-7-9-5-3-4-6-10(9)15/h3-6,15H,7-8,13H2,1-2H3,(H,14,16). The molecule has 1 amide bonds. The summed E-state index contributed by atoms with van der Waals surface area (Å²) < 4.78 is 0. The molecule has 16 heavy (non-hydrogen) atoms. The molecule has 1 rings (SSSR count). The Morgan fingerprint density at radius 2 is 2.06 bits per heavy atom. The zero-order valence-corrected chi connectivity index (χ0v) is 9.66. The fourth-order valence-electron chi connectivity index (χ4n) is 1.17. The van der Waals surface area contributed by atoms with Crippen molar-refractivity contribution in [2.24, 2.45) is 11.1 Å². The number of carbonyl (C=O) groups excluding carboxylic acids is 1. The van der Waals surface area contributed by atoms with Gasteiger partial charge in [0.2, 0.25) is 5.91 Å². The second kappa shape index (κ2) is 4.99. The van der Waals surface area contributed by atoms with E-state index < -0.39 is 5.41 Å². The number of aromatic hydroxyl groups is 1. The molecular formula is C12H18N2O2. The molecule has 0 radical (unpaired) electrons. The second-order valence-corrected chi connectivity index (χ2v) is 4.40. The van der Waals surface area contributed by atoms with Crippen LogP contribution in [0.1, 0.15) is 19.4 Å². The van der Waals surface area contributed by atoms with Crippen LogP contribution < -0.4 is 11.1 Å². The van der Waals surface area contributed by atoms with Crippen LogP contribution in [0.3, 0.4) is 0 Å². The monoisotopic (exact) mass is 222 g/mol. The van der Waals surface area contributed by atoms with Crippen molar-refractivity contribution in [2.45, 2.75) is 20.4 Å². The van der Waals surface area contributed by atoms with Crippen LogP contribution in [-0.4, -0.2) is 17.6 Å². The summed E-state index contributed by atoms with van der Waals surface area (Å²) in [6, 6.07) is 6.92. The third kappa shape index (κ3) is 2.97. The summed E-state index contributed by atoms with van der Waals surface area (Å²) in [5.74, 6) is 0.0756. The van der Waals surface area contributed by atoms with Crippen LogP contribution in [0.5, 0.6) is 5.75 Å². The Bertz CT molecular complexity index is 375. The van der Waals surface area contributed by atoms with Crippen molar-refractivity contribution in [2.75, 3.05) is 6.54 Å². The van der Waals surface area contributed by atoms with Gasteiger partial charge in [-0.3, -0.25) is 4.79 Å². The molecule has 4 N–H and O–H groups in total. The minimum absolute atomic E-state index is 0.113. The van der Waals surface area contributed by atoms with E-state index in [-0.39, 0.29) is 11.7 Å². The molecule has 0 aliphatic heterocycles. The lowest BCUT2D eigenvalue weighted by Gasteiger charge is -2.21. The number of carbonyl (C=O) groups is 1. The zero-order valence-electron chi connectivity index (χ0n) is 9.66. The first-order chi connectivity index (χ1) is 7.47. The minimum Gasteiger partial charge on any atom is -0.508 e. The van der Waals surface area contributed by atoms with Crippen molar-refractivity contribution >= 4 is 5.91 Å². The van der Waals surface area contributed by atoms with Crippen molar-refractivity contribution in [3.63, 3.8) is 0 Å². The Balaban J connectivity index is 2.59. The molecule has 1 aromatic rings. The molecule has 0 heterocycles. The molecule has 4 heteroatoms. The minimum atomic E-state index is -0.579. The number of nitrogens with two attached hydrogens (primary N) is 1. The molecule has 0 saturated carbocycles. The molecule has 0 spiro atoms. The van der Waals surface area contributed by atoms with Gasteiger partial charge in [0.25, 0.3) is 0 Å². The van der Waals surface area contributed by atoms with Crippen molar-refractivity contribution in [1.82, 2.24) is 5.32 Å². The van der Waals surface area contributed by atoms with E-state index in [0.717, 1.165) is 0 Å². The number of benzene rings is 1. The molecule has 0 aliphatic rings. The van der Waals surface area contributed by atoms with Crippen LogP contribution in [0.4, 0.5) is 0 Å². The van der Waals surface area contributed by atoms with Gasteiger partial charge < -0.3 is 16.2 Å². The summed E-state index contributed by atoms with van der Waals surface area (Å²) in [7, 11) is 0. The molecule has 0 saturated heterocycles. The predicted molar refractivity (Wildman–Crippen MR) is 62.8 cm³/mol. The van der Waals surface area contributed by atoms with Crippen LogP contribution in [-0.2, 0) is 11.3 Å². The topological polar surface area (TPSA) is 75.4 Å². The van der Waals surface area contributed by atoms with Crippen LogP contribution in [0.15, 0.2) is 24.3 Å². The first kappa shape index (κ1) is 12.5. The van der Waals surface area contributed by atoms with Crippen molar-refractivity contribution in [3.8, 4) is 5.75 Å². The fourth-order valence-corrected chi connectivity index (χ4v) is 1.17. The number of para-hydroxylation sites is 1. The Morgan fingerprint density at radius 3 is 2.62 bits per heavy atom. The molecule has 1 aromatic carbocycles. The molecule has 0 aliphatic carbocycles. The number of hydrogen-bond acceptors (Lipinski definition) is 3. The number of amides is 1. The third-order valence-electron chi connectivity index (χ3n) is 2.56. The summed E-state index contributed by atoms with van der Waals surface area (Å²) in [6.07, 6.45) is 0. The normalized spacial score (nSPS) is 11.2. The fraction of sp³-hybridized carbons (Fsp3) is 0.417. The van der Waals surface area contributed by atoms with Crippen LogP contribution in [0.25, 0.3) is 0 Å². The Hall–Kier alpha value is -1.55. The van der Waals surface area contributed by atoms with E-state index in [1.54, 1.807) is 32.0 Å². The van der Waals surface area contributed by atoms with Gasteiger partial charge in [-0.2, -0.15) is 0 Å². The molecule has 0 aromatic heterocycles. The number of rotatable bonds is 4. The summed E-state index contributed by atoms with van der Waals surface area (Å²) in [6.45, 7) is 4.18. The lowest BCUT2D eigenvalue weighted by Crippen LogP contribution is -2.41. The van der Waals surface area contributed by atoms with Gasteiger partial charge >= 0.3 is 0 Å². The van der Waals surface area contributed by atoms with E-state index in [1.165, 1.54) is 0 Å². The van der Waals surface area contributed by atoms with Crippen molar-refractivity contribution < 1.29 is 9.90 Å². The van der Waals surface area contributed by atoms with Crippen molar-refractivity contribution in [3.05, 3.63) is 29.8 Å². The summed E-state index contributed by atoms with van der Waals surface area (Å²) in [5, 5.41) is 12.3. The summed E-state index contributed by atoms with van der Waals surface area (Å²) in [4.78, 5) is 11.7. The van der Waals surface area contributed by atoms with Gasteiger partial charge in [-0.1, -0.05) is 18.2 Å². The SMILES string of the molecule is CC(C)(CN)C(=O)NCc1ccccc1O. The highest BCUT2D eigenvalue weighted by Crippen LogP contribution is 2.17. The maximum absolute atomic E-state index is 11.7. The first-order valence-electron chi connectivity index (χ1n) is 5.22. The Morgan fingerprint density at radius 1 is 1.44 bits per heavy atom. The van der Waals surface area contributed by atoms with Gasteiger partial charge in [0.15, 0.2) is 0 Å². The van der Waals surface area contributed by atoms with Crippen LogP contribution in [0, 0.1) is 5.41 Å². The van der Waals surface area contributed by atoms with Gasteiger partial charge in [0.05, 0.1) is 5.41 Å². The molecule has 0 fully saturated rings. The highest BCUT2D eigenvalue weighted by Gasteiger charge is 2.25. The molecular weight excluding hydrogens is 204 g/mol. The highest BCUT2D eigenvalue weighted by molar-refractivity contribution is 5.82. The predicted octanol–water partition coefficient (Wildman–Crippen LogP) is 0.993. The average Bonchev–Trinajstić information content (AvgIpc) is 2.27.